The molecule has 0 bridgehead atoms. The summed E-state index contributed by atoms with van der Waals surface area (Å²) >= 11 is 0. The molecule has 0 aliphatic carbocycles. The second-order valence-corrected chi connectivity index (χ2v) is 6.71. The molecule has 0 N–H and O–H groups in total. The van der Waals surface area contributed by atoms with Crippen molar-refractivity contribution in [3.63, 3.8) is 0 Å². The smallest absolute Gasteiger partial charge is 0.255 e. The summed E-state index contributed by atoms with van der Waals surface area (Å²) in [5, 5.41) is 4.25. The van der Waals surface area contributed by atoms with E-state index >= 15 is 0 Å². The number of carbonyl (C=O) groups is 1. The topological polar surface area (TPSA) is 69.5 Å². The van der Waals surface area contributed by atoms with Crippen LogP contribution in [-0.2, 0) is 16.0 Å². The van der Waals surface area contributed by atoms with Crippen LogP contribution >= 0.6 is 0 Å². The molecule has 132 valence electrons. The Hall–Kier alpha value is -2.25. The predicted octanol–water partition coefficient (Wildman–Crippen LogP) is 1.37. The lowest BCUT2D eigenvalue weighted by molar-refractivity contribution is -0.0881. The van der Waals surface area contributed by atoms with E-state index in [4.69, 9.17) is 9.47 Å². The summed E-state index contributed by atoms with van der Waals surface area (Å²) in [5.41, 5.74) is 0.178. The highest BCUT2D eigenvalue weighted by Crippen LogP contribution is 2.34. The second-order valence-electron chi connectivity index (χ2n) is 6.71. The van der Waals surface area contributed by atoms with E-state index in [1.165, 1.54) is 0 Å². The van der Waals surface area contributed by atoms with Gasteiger partial charge in [0.2, 0.25) is 0 Å². The van der Waals surface area contributed by atoms with Crippen LogP contribution in [0.5, 0.6) is 0 Å². The van der Waals surface area contributed by atoms with Crippen molar-refractivity contribution in [1.29, 1.82) is 0 Å². The number of ether oxygens (including phenoxy) is 2. The number of hydrogen-bond acceptors (Lipinski definition) is 5. The first-order valence-corrected chi connectivity index (χ1v) is 8.66. The van der Waals surface area contributed by atoms with Crippen LogP contribution in [0.1, 0.15) is 23.2 Å². The monoisotopic (exact) mass is 342 g/mol. The van der Waals surface area contributed by atoms with Crippen molar-refractivity contribution in [2.24, 2.45) is 0 Å². The van der Waals surface area contributed by atoms with Crippen molar-refractivity contribution in [2.75, 3.05) is 26.3 Å². The molecule has 0 unspecified atom stereocenters. The zero-order valence-electron chi connectivity index (χ0n) is 14.1. The summed E-state index contributed by atoms with van der Waals surface area (Å²) in [5.74, 6) is -0.0166. The minimum Gasteiger partial charge on any atom is -0.377 e. The molecule has 2 aromatic rings. The van der Waals surface area contributed by atoms with Crippen LogP contribution < -0.4 is 0 Å². The van der Waals surface area contributed by atoms with Crippen molar-refractivity contribution in [1.82, 2.24) is 19.7 Å². The summed E-state index contributed by atoms with van der Waals surface area (Å²) in [6.07, 6.45) is 8.91. The van der Waals surface area contributed by atoms with E-state index in [2.05, 4.69) is 10.1 Å². The quantitative estimate of drug-likeness (QED) is 0.843. The molecule has 7 nitrogen and oxygen atoms in total. The highest BCUT2D eigenvalue weighted by Gasteiger charge is 2.44. The van der Waals surface area contributed by atoms with Crippen LogP contribution in [0.15, 0.2) is 43.0 Å². The van der Waals surface area contributed by atoms with Gasteiger partial charge in [-0.05, 0) is 31.0 Å². The average molecular weight is 342 g/mol. The Balaban J connectivity index is 1.46. The van der Waals surface area contributed by atoms with Crippen molar-refractivity contribution in [3.05, 3.63) is 48.5 Å². The molecule has 0 saturated carbocycles. The number of aromatic nitrogens is 3. The molecule has 2 aliphatic heterocycles. The maximum absolute atomic E-state index is 12.8. The number of pyridine rings is 1. The molecular formula is C18H22N4O3. The van der Waals surface area contributed by atoms with E-state index < -0.39 is 5.60 Å². The molecule has 2 atom stereocenters. The molecule has 0 radical (unpaired) electrons. The van der Waals surface area contributed by atoms with Crippen LogP contribution in [0.2, 0.25) is 0 Å². The summed E-state index contributed by atoms with van der Waals surface area (Å²) < 4.78 is 14.0. The Labute approximate surface area is 146 Å². The second kappa shape index (κ2) is 6.93. The standard InChI is InChI=1S/C18H22N4O3/c23-17(15-3-1-6-19-11-15)21-9-10-24-14-18(13-21)5-4-16(25-18)12-22-8-2-7-20-22/h1-3,6-8,11,16H,4-5,9-10,12-14H2/t16-,18-/m0/s1. The lowest BCUT2D eigenvalue weighted by Gasteiger charge is -2.32. The minimum atomic E-state index is -0.424. The molecule has 1 amide bonds. The van der Waals surface area contributed by atoms with Gasteiger partial charge in [-0.2, -0.15) is 5.10 Å². The van der Waals surface area contributed by atoms with Gasteiger partial charge >= 0.3 is 0 Å². The van der Waals surface area contributed by atoms with Crippen molar-refractivity contribution in [3.8, 4) is 0 Å². The van der Waals surface area contributed by atoms with Crippen molar-refractivity contribution < 1.29 is 14.3 Å². The lowest BCUT2D eigenvalue weighted by Crippen LogP contribution is -2.46. The number of amides is 1. The lowest BCUT2D eigenvalue weighted by atomic mass is 9.99. The largest absolute Gasteiger partial charge is 0.377 e. The third kappa shape index (κ3) is 3.57. The van der Waals surface area contributed by atoms with E-state index in [0.717, 1.165) is 19.4 Å². The van der Waals surface area contributed by atoms with Gasteiger partial charge in [0.05, 0.1) is 38.0 Å². The van der Waals surface area contributed by atoms with E-state index in [0.29, 0.717) is 31.9 Å². The van der Waals surface area contributed by atoms with Crippen LogP contribution in [0, 0.1) is 0 Å². The van der Waals surface area contributed by atoms with Crippen LogP contribution in [-0.4, -0.2) is 63.6 Å². The fourth-order valence-corrected chi connectivity index (χ4v) is 3.61. The molecule has 2 saturated heterocycles. The Bertz CT molecular complexity index is 706. The summed E-state index contributed by atoms with van der Waals surface area (Å²) in [7, 11) is 0. The summed E-state index contributed by atoms with van der Waals surface area (Å²) in [6, 6.07) is 5.49. The van der Waals surface area contributed by atoms with Gasteiger partial charge in [0.15, 0.2) is 0 Å². The van der Waals surface area contributed by atoms with E-state index in [1.54, 1.807) is 30.7 Å². The van der Waals surface area contributed by atoms with Gasteiger partial charge in [0.25, 0.3) is 5.91 Å². The molecule has 1 spiro atoms. The Morgan fingerprint density at radius 2 is 2.32 bits per heavy atom. The van der Waals surface area contributed by atoms with Crippen molar-refractivity contribution in [2.45, 2.75) is 31.1 Å². The molecule has 25 heavy (non-hydrogen) atoms. The van der Waals surface area contributed by atoms with Gasteiger partial charge in [0, 0.05) is 31.3 Å². The SMILES string of the molecule is O=C(c1cccnc1)N1CCOC[C@]2(CC[C@@H](Cn3cccn3)O2)C1. The van der Waals surface area contributed by atoms with E-state index in [-0.39, 0.29) is 12.0 Å². The minimum absolute atomic E-state index is 0.0166. The number of rotatable bonds is 3. The van der Waals surface area contributed by atoms with Gasteiger partial charge < -0.3 is 14.4 Å². The van der Waals surface area contributed by atoms with Gasteiger partial charge in [-0.1, -0.05) is 0 Å². The van der Waals surface area contributed by atoms with Gasteiger partial charge in [-0.25, -0.2) is 0 Å². The van der Waals surface area contributed by atoms with Gasteiger partial charge in [0.1, 0.15) is 5.60 Å². The number of hydrogen-bond donors (Lipinski definition) is 0. The third-order valence-corrected chi connectivity index (χ3v) is 4.83. The molecule has 2 aliphatic rings. The molecule has 7 heteroatoms. The zero-order valence-corrected chi connectivity index (χ0v) is 14.1. The first kappa shape index (κ1) is 16.2. The summed E-state index contributed by atoms with van der Waals surface area (Å²) in [6.45, 7) is 2.91. The maximum atomic E-state index is 12.8. The molecule has 2 aromatic heterocycles. The van der Waals surface area contributed by atoms with Gasteiger partial charge in [-0.3, -0.25) is 14.5 Å². The molecule has 0 aromatic carbocycles. The highest BCUT2D eigenvalue weighted by molar-refractivity contribution is 5.93. The summed E-state index contributed by atoms with van der Waals surface area (Å²) in [4.78, 5) is 18.7. The zero-order chi connectivity index (χ0) is 17.1. The maximum Gasteiger partial charge on any atom is 0.255 e. The van der Waals surface area contributed by atoms with Crippen LogP contribution in [0.25, 0.3) is 0 Å². The number of carbonyl (C=O) groups excluding carboxylic acids is 1. The first-order chi connectivity index (χ1) is 12.2. The number of nitrogens with zero attached hydrogens (tertiary/aromatic N) is 4. The predicted molar refractivity (Wildman–Crippen MR) is 90.0 cm³/mol. The third-order valence-electron chi connectivity index (χ3n) is 4.83. The molecular weight excluding hydrogens is 320 g/mol. The van der Waals surface area contributed by atoms with Crippen LogP contribution in [0.3, 0.4) is 0 Å². The molecule has 4 rings (SSSR count). The first-order valence-electron chi connectivity index (χ1n) is 8.66. The Morgan fingerprint density at radius 3 is 3.12 bits per heavy atom. The van der Waals surface area contributed by atoms with E-state index in [9.17, 15) is 4.79 Å². The Kier molecular flexibility index (Phi) is 4.50. The van der Waals surface area contributed by atoms with Gasteiger partial charge in [-0.15, -0.1) is 0 Å². The van der Waals surface area contributed by atoms with Crippen LogP contribution in [0.4, 0.5) is 0 Å². The fourth-order valence-electron chi connectivity index (χ4n) is 3.61. The highest BCUT2D eigenvalue weighted by atomic mass is 16.6. The normalized spacial score (nSPS) is 26.7. The molecule has 4 heterocycles. The molecule has 2 fully saturated rings. The van der Waals surface area contributed by atoms with E-state index in [1.807, 2.05) is 21.8 Å². The average Bonchev–Trinajstić information content (AvgIpc) is 3.23. The fraction of sp³-hybridized carbons (Fsp3) is 0.500. The Morgan fingerprint density at radius 1 is 1.36 bits per heavy atom. The van der Waals surface area contributed by atoms with Crippen molar-refractivity contribution >= 4 is 5.91 Å².